The number of anilines is 4. The van der Waals surface area contributed by atoms with Gasteiger partial charge in [0.25, 0.3) is 11.8 Å². The molecule has 0 unspecified atom stereocenters. The van der Waals surface area contributed by atoms with Crippen molar-refractivity contribution in [2.75, 3.05) is 10.2 Å². The van der Waals surface area contributed by atoms with Gasteiger partial charge in [-0.3, -0.25) is 14.4 Å². The van der Waals surface area contributed by atoms with Crippen molar-refractivity contribution in [3.8, 4) is 0 Å². The number of aryl methyl sites for hydroxylation is 8. The van der Waals surface area contributed by atoms with Crippen LogP contribution in [0.5, 0.6) is 0 Å². The highest BCUT2D eigenvalue weighted by atomic mass is 16.3. The van der Waals surface area contributed by atoms with Gasteiger partial charge in [0.15, 0.2) is 5.78 Å². The van der Waals surface area contributed by atoms with Gasteiger partial charge in [-0.15, -0.1) is 0 Å². The molecule has 8 heteroatoms. The van der Waals surface area contributed by atoms with E-state index < -0.39 is 23.4 Å². The predicted octanol–water partition coefficient (Wildman–Crippen LogP) is 12.7. The van der Waals surface area contributed by atoms with Gasteiger partial charge in [0.05, 0.1) is 11.4 Å². The number of rotatable bonds is 10. The van der Waals surface area contributed by atoms with Crippen molar-refractivity contribution in [3.05, 3.63) is 254 Å². The van der Waals surface area contributed by atoms with Crippen LogP contribution in [0.1, 0.15) is 70.8 Å². The van der Waals surface area contributed by atoms with Crippen molar-refractivity contribution in [1.29, 1.82) is 0 Å². The number of nitrogens with zero attached hydrogens (tertiary/aromatic N) is 2. The van der Waals surface area contributed by atoms with Gasteiger partial charge >= 0.3 is 0 Å². The molecule has 0 saturated carbocycles. The summed E-state index contributed by atoms with van der Waals surface area (Å²) in [6, 6.07) is 48.8. The van der Waals surface area contributed by atoms with Crippen molar-refractivity contribution in [2.45, 2.75) is 55.4 Å². The van der Waals surface area contributed by atoms with Crippen molar-refractivity contribution in [2.24, 2.45) is 0 Å². The number of hydrogen-bond acceptors (Lipinski definition) is 5. The fourth-order valence-corrected chi connectivity index (χ4v) is 9.02. The summed E-state index contributed by atoms with van der Waals surface area (Å²) in [6.45, 7) is 16.2. The largest absolute Gasteiger partial charge is 0.871 e. The van der Waals surface area contributed by atoms with E-state index in [4.69, 9.17) is 0 Å². The summed E-state index contributed by atoms with van der Waals surface area (Å²) in [7, 11) is 0. The van der Waals surface area contributed by atoms with E-state index in [0.29, 0.717) is 33.9 Å². The van der Waals surface area contributed by atoms with Crippen LogP contribution >= 0.6 is 0 Å². The number of hydrogen-bond donors (Lipinski definition) is 2. The minimum atomic E-state index is -0.503. The molecule has 8 nitrogen and oxygen atoms in total. The van der Waals surface area contributed by atoms with E-state index in [0.717, 1.165) is 67.3 Å². The zero-order valence-corrected chi connectivity index (χ0v) is 40.7. The topological polar surface area (TPSA) is 105 Å². The Labute approximate surface area is 410 Å². The Morgan fingerprint density at radius 2 is 1.03 bits per heavy atom. The van der Waals surface area contributed by atoms with Gasteiger partial charge in [-0.05, 0) is 128 Å². The van der Waals surface area contributed by atoms with E-state index >= 15 is 0 Å². The molecule has 2 aliphatic carbocycles. The molecule has 0 atom stereocenters. The van der Waals surface area contributed by atoms with E-state index in [-0.39, 0.29) is 22.3 Å². The van der Waals surface area contributed by atoms with Crippen molar-refractivity contribution in [1.82, 2.24) is 9.89 Å². The molecule has 0 spiro atoms. The lowest BCUT2D eigenvalue weighted by atomic mass is 9.78. The molecule has 0 bridgehead atoms. The number of Topliss-reactive ketones (excluding diaryl/α,β-unsaturated/α-hetero) is 1. The third kappa shape index (κ3) is 9.32. The first-order valence-corrected chi connectivity index (χ1v) is 23.4. The van der Waals surface area contributed by atoms with E-state index in [9.17, 15) is 19.5 Å². The number of benzene rings is 7. The molecule has 2 amide bonds. The number of ketones is 1. The van der Waals surface area contributed by atoms with Crippen LogP contribution in [0.25, 0.3) is 5.57 Å². The molecule has 2 aliphatic rings. The van der Waals surface area contributed by atoms with Crippen LogP contribution < -0.4 is 25.2 Å². The monoisotopic (exact) mass is 918 g/mol. The van der Waals surface area contributed by atoms with Crippen molar-refractivity contribution >= 4 is 63.0 Å². The first kappa shape index (κ1) is 46.5. The predicted molar refractivity (Wildman–Crippen MR) is 283 cm³/mol. The summed E-state index contributed by atoms with van der Waals surface area (Å²) >= 11 is 0. The molecule has 0 aliphatic heterocycles. The van der Waals surface area contributed by atoms with E-state index in [1.54, 1.807) is 36.4 Å². The van der Waals surface area contributed by atoms with Gasteiger partial charge in [0, 0.05) is 86.4 Å². The Bertz CT molecular complexity index is 3420. The molecule has 0 radical (unpaired) electrons. The maximum absolute atomic E-state index is 14.9. The van der Waals surface area contributed by atoms with Gasteiger partial charge < -0.3 is 20.6 Å². The summed E-state index contributed by atoms with van der Waals surface area (Å²) in [6.07, 6.45) is 5.43. The minimum absolute atomic E-state index is 0.0643. The molecular formula is C62H54N4O4. The van der Waals surface area contributed by atoms with Crippen molar-refractivity contribution < 1.29 is 19.5 Å². The van der Waals surface area contributed by atoms with E-state index in [1.807, 2.05) is 125 Å². The van der Waals surface area contributed by atoms with Crippen LogP contribution in [-0.4, -0.2) is 23.3 Å². The summed E-state index contributed by atoms with van der Waals surface area (Å²) in [5.74, 6) is -1.79. The molecule has 0 aromatic heterocycles. The zero-order chi connectivity index (χ0) is 49.4. The molecule has 9 rings (SSSR count). The van der Waals surface area contributed by atoms with E-state index in [2.05, 4.69) is 84.2 Å². The third-order valence-corrected chi connectivity index (χ3v) is 12.9. The number of carbonyl (C=O) groups is 3. The fourth-order valence-electron chi connectivity index (χ4n) is 9.02. The molecule has 7 aromatic carbocycles. The molecule has 2 N–H and O–H groups in total. The molecule has 0 heterocycles. The Morgan fingerprint density at radius 1 is 0.514 bits per heavy atom. The lowest BCUT2D eigenvalue weighted by Crippen LogP contribution is -2.34. The fraction of sp³-hybridized carbons (Fsp3) is 0.129. The quantitative estimate of drug-likeness (QED) is 0.105. The van der Waals surface area contributed by atoms with Gasteiger partial charge in [-0.1, -0.05) is 112 Å². The zero-order valence-electron chi connectivity index (χ0n) is 40.7. The molecule has 70 heavy (non-hydrogen) atoms. The standard InChI is InChI=1S/C62H54N4O4/c1-37-9-19-45(20-10-37)61(69)63-53-35-49(65(47-23-13-39(3)14-24-47)55-31-17-41(5)33-43(55)7)27-29-51(53)57-59(67)58(60(57)68)52-30-28-50(36-54(52)64-62(70)46-21-11-38(2)12-22-46)66(48-25-15-40(4)16-26-48)56-32-18-42(6)34-44(56)8/h9-36H,1-8H3,(H2,63,64,67,68,69,70). The summed E-state index contributed by atoms with van der Waals surface area (Å²) in [5, 5.41) is 21.0. The van der Waals surface area contributed by atoms with Crippen LogP contribution in [0.2, 0.25) is 0 Å². The minimum Gasteiger partial charge on any atom is -0.871 e. The number of allylic oxidation sites excluding steroid dienone is 5. The lowest BCUT2D eigenvalue weighted by Gasteiger charge is -2.35. The van der Waals surface area contributed by atoms with Crippen molar-refractivity contribution in [3.63, 3.8) is 0 Å². The Hall–Kier alpha value is -8.62. The second kappa shape index (κ2) is 19.2. The SMILES string of the molecule is Cc1ccc(C(=O)NC2=CC(=[N+](c3ccc(C)cc3)c3ccc(C)cc3C)C=C/C2=C2\C(=O)C(c3ccc(N(c4ccc(C)cc4)c4ccc(C)cc4C)cc3NC(=O)c3ccc(C)cc3)=C2[O-])cc1. The summed E-state index contributed by atoms with van der Waals surface area (Å²) in [5.41, 5.74) is 15.5. The third-order valence-electron chi connectivity index (χ3n) is 12.9. The van der Waals surface area contributed by atoms with Gasteiger partial charge in [-0.2, -0.15) is 4.58 Å². The molecule has 346 valence electrons. The van der Waals surface area contributed by atoms with Gasteiger partial charge in [0.1, 0.15) is 0 Å². The Balaban J connectivity index is 1.21. The first-order chi connectivity index (χ1) is 33.6. The van der Waals surface area contributed by atoms with Gasteiger partial charge in [0.2, 0.25) is 17.1 Å². The van der Waals surface area contributed by atoms with Gasteiger partial charge in [-0.25, -0.2) is 0 Å². The lowest BCUT2D eigenvalue weighted by molar-refractivity contribution is -0.297. The number of nitrogens with one attached hydrogen (secondary N) is 2. The summed E-state index contributed by atoms with van der Waals surface area (Å²) < 4.78 is 2.11. The maximum atomic E-state index is 14.9. The highest BCUT2D eigenvalue weighted by molar-refractivity contribution is 6.40. The smallest absolute Gasteiger partial charge is 0.255 e. The maximum Gasteiger partial charge on any atom is 0.255 e. The van der Waals surface area contributed by atoms with Crippen LogP contribution in [0.3, 0.4) is 0 Å². The number of carbonyl (C=O) groups excluding carboxylic acids is 3. The average Bonchev–Trinajstić information content (AvgIpc) is 3.33. The Morgan fingerprint density at radius 3 is 1.60 bits per heavy atom. The van der Waals surface area contributed by atoms with E-state index in [1.165, 1.54) is 0 Å². The van der Waals surface area contributed by atoms with Crippen LogP contribution in [0.4, 0.5) is 34.1 Å². The van der Waals surface area contributed by atoms with Crippen LogP contribution in [-0.2, 0) is 4.79 Å². The highest BCUT2D eigenvalue weighted by Gasteiger charge is 2.36. The Kier molecular flexibility index (Phi) is 12.7. The summed E-state index contributed by atoms with van der Waals surface area (Å²) in [4.78, 5) is 45.1. The second-order valence-corrected chi connectivity index (χ2v) is 18.4. The first-order valence-electron chi connectivity index (χ1n) is 23.4. The molecule has 7 aromatic rings. The number of amides is 2. The van der Waals surface area contributed by atoms with Crippen LogP contribution in [0, 0.1) is 55.4 Å². The van der Waals surface area contributed by atoms with Crippen LogP contribution in [0.15, 0.2) is 192 Å². The highest BCUT2D eigenvalue weighted by Crippen LogP contribution is 2.45. The molecule has 0 saturated heterocycles. The second-order valence-electron chi connectivity index (χ2n) is 18.4. The average molecular weight is 919 g/mol. The normalized spacial score (nSPS) is 15.0. The molecule has 0 fully saturated rings. The molecular weight excluding hydrogens is 865 g/mol.